The number of fused-ring (bicyclic) bond motifs is 5. The molecule has 4 saturated carbocycles. The quantitative estimate of drug-likeness (QED) is 0.622. The maximum atomic E-state index is 13.1. The van der Waals surface area contributed by atoms with Gasteiger partial charge in [-0.15, -0.1) is 0 Å². The first kappa shape index (κ1) is 21.1. The minimum atomic E-state index is -0.107. The van der Waals surface area contributed by atoms with E-state index in [2.05, 4.69) is 20.8 Å². The van der Waals surface area contributed by atoms with Gasteiger partial charge in [-0.25, -0.2) is 0 Å². The van der Waals surface area contributed by atoms with E-state index in [9.17, 15) is 14.4 Å². The van der Waals surface area contributed by atoms with Crippen molar-refractivity contribution in [2.45, 2.75) is 85.0 Å². The van der Waals surface area contributed by atoms with Crippen LogP contribution < -0.4 is 0 Å². The summed E-state index contributed by atoms with van der Waals surface area (Å²) in [5.74, 6) is 3.38. The van der Waals surface area contributed by atoms with Crippen LogP contribution >= 0.6 is 0 Å². The summed E-state index contributed by atoms with van der Waals surface area (Å²) in [6, 6.07) is 0. The fourth-order valence-electron chi connectivity index (χ4n) is 8.46. The summed E-state index contributed by atoms with van der Waals surface area (Å²) >= 11 is 0. The molecule has 0 aromatic heterocycles. The number of ketones is 2. The molecule has 0 amide bonds. The lowest BCUT2D eigenvalue weighted by atomic mass is 9.44. The average Bonchev–Trinajstić information content (AvgIpc) is 3.05. The molecule has 4 fully saturated rings. The normalized spacial score (nSPS) is 45.2. The second-order valence-corrected chi connectivity index (χ2v) is 11.2. The van der Waals surface area contributed by atoms with Gasteiger partial charge in [-0.2, -0.15) is 0 Å². The zero-order valence-corrected chi connectivity index (χ0v) is 18.7. The van der Waals surface area contributed by atoms with E-state index in [1.54, 1.807) is 0 Å². The van der Waals surface area contributed by atoms with Gasteiger partial charge in [0.25, 0.3) is 0 Å². The zero-order chi connectivity index (χ0) is 21.0. The van der Waals surface area contributed by atoms with Gasteiger partial charge in [0.2, 0.25) is 0 Å². The van der Waals surface area contributed by atoms with E-state index in [4.69, 9.17) is 4.74 Å². The van der Waals surface area contributed by atoms with Crippen LogP contribution in [0.5, 0.6) is 0 Å². The molecule has 0 spiro atoms. The fraction of sp³-hybridized carbons (Fsp3) is 0.880. The molecule has 4 nitrogen and oxygen atoms in total. The number of ether oxygens (including phenoxy) is 1. The van der Waals surface area contributed by atoms with Crippen LogP contribution in [0.3, 0.4) is 0 Å². The highest BCUT2D eigenvalue weighted by molar-refractivity contribution is 5.90. The Labute approximate surface area is 175 Å². The van der Waals surface area contributed by atoms with Crippen molar-refractivity contribution in [2.75, 3.05) is 7.11 Å². The van der Waals surface area contributed by atoms with Crippen LogP contribution in [0.25, 0.3) is 0 Å². The lowest BCUT2D eigenvalue weighted by molar-refractivity contribution is -0.159. The molecule has 162 valence electrons. The summed E-state index contributed by atoms with van der Waals surface area (Å²) in [4.78, 5) is 36.8. The van der Waals surface area contributed by atoms with Crippen molar-refractivity contribution in [3.63, 3.8) is 0 Å². The molecule has 0 saturated heterocycles. The summed E-state index contributed by atoms with van der Waals surface area (Å²) in [7, 11) is 1.47. The Kier molecular flexibility index (Phi) is 5.44. The minimum Gasteiger partial charge on any atom is -0.469 e. The van der Waals surface area contributed by atoms with Crippen LogP contribution in [0.1, 0.15) is 85.0 Å². The first-order chi connectivity index (χ1) is 13.7. The topological polar surface area (TPSA) is 60.4 Å². The van der Waals surface area contributed by atoms with E-state index in [0.29, 0.717) is 66.8 Å². The number of hydrogen-bond acceptors (Lipinski definition) is 4. The molecule has 0 bridgehead atoms. The number of hydrogen-bond donors (Lipinski definition) is 0. The van der Waals surface area contributed by atoms with E-state index in [1.807, 2.05) is 0 Å². The molecule has 29 heavy (non-hydrogen) atoms. The van der Waals surface area contributed by atoms with E-state index in [0.717, 1.165) is 12.8 Å². The highest BCUT2D eigenvalue weighted by atomic mass is 16.5. The van der Waals surface area contributed by atoms with Crippen LogP contribution in [0.2, 0.25) is 0 Å². The molecule has 0 aromatic carbocycles. The number of carbonyl (C=O) groups excluding carboxylic acids is 3. The molecule has 8 atom stereocenters. The SMILES string of the molecule is COC(=O)CC[C@@H](C)[C@H]1CC[C@H]2[C@@H]3CC(=O)C4CC(=O)CC[C@]4(C)[C@H]3CC[C@]12C. The third kappa shape index (κ3) is 3.29. The molecule has 0 aromatic rings. The molecule has 1 unspecified atom stereocenters. The first-order valence-electron chi connectivity index (χ1n) is 11.8. The summed E-state index contributed by atoms with van der Waals surface area (Å²) in [5, 5.41) is 0. The highest BCUT2D eigenvalue weighted by Gasteiger charge is 2.62. The smallest absolute Gasteiger partial charge is 0.305 e. The Hall–Kier alpha value is -1.19. The van der Waals surface area contributed by atoms with Crippen LogP contribution in [0.4, 0.5) is 0 Å². The van der Waals surface area contributed by atoms with Gasteiger partial charge < -0.3 is 4.74 Å². The van der Waals surface area contributed by atoms with Gasteiger partial charge in [0, 0.05) is 31.6 Å². The average molecular weight is 403 g/mol. The zero-order valence-electron chi connectivity index (χ0n) is 18.7. The lowest BCUT2D eigenvalue weighted by Gasteiger charge is -2.59. The molecule has 4 heteroatoms. The Morgan fingerprint density at radius 3 is 2.52 bits per heavy atom. The summed E-state index contributed by atoms with van der Waals surface area (Å²) in [6.07, 6.45) is 9.04. The van der Waals surface area contributed by atoms with Crippen LogP contribution in [0.15, 0.2) is 0 Å². The van der Waals surface area contributed by atoms with Crippen LogP contribution in [0, 0.1) is 46.3 Å². The van der Waals surface area contributed by atoms with Crippen molar-refractivity contribution < 1.29 is 19.1 Å². The summed E-state index contributed by atoms with van der Waals surface area (Å²) in [6.45, 7) is 7.11. The molecule has 4 aliphatic carbocycles. The molecule has 0 aliphatic heterocycles. The highest BCUT2D eigenvalue weighted by Crippen LogP contribution is 2.67. The predicted octanol–water partition coefficient (Wildman–Crippen LogP) is 4.98. The van der Waals surface area contributed by atoms with E-state index >= 15 is 0 Å². The Morgan fingerprint density at radius 2 is 1.79 bits per heavy atom. The van der Waals surface area contributed by atoms with Gasteiger partial charge in [0.15, 0.2) is 0 Å². The number of carbonyl (C=O) groups is 3. The molecule has 0 N–H and O–H groups in total. The fourth-order valence-corrected chi connectivity index (χ4v) is 8.46. The molecular weight excluding hydrogens is 364 g/mol. The standard InChI is InChI=1S/C25H38O4/c1-15(5-8-23(28)29-4)18-6-7-19-17-14-22(27)21-13-16(26)9-11-25(21,3)20(17)10-12-24(18,19)2/h15,17-21H,5-14H2,1-4H3/t15-,17+,18-,19+,20+,21?,24-,25-/m1/s1. The lowest BCUT2D eigenvalue weighted by Crippen LogP contribution is -2.56. The first-order valence-corrected chi connectivity index (χ1v) is 11.8. The number of rotatable bonds is 4. The van der Waals surface area contributed by atoms with Crippen molar-refractivity contribution in [1.82, 2.24) is 0 Å². The molecule has 4 aliphatic rings. The van der Waals surface area contributed by atoms with Gasteiger partial charge in [-0.3, -0.25) is 14.4 Å². The van der Waals surface area contributed by atoms with Gasteiger partial charge in [-0.05, 0) is 78.9 Å². The Balaban J connectivity index is 1.53. The van der Waals surface area contributed by atoms with Crippen LogP contribution in [-0.4, -0.2) is 24.6 Å². The van der Waals surface area contributed by atoms with Gasteiger partial charge >= 0.3 is 5.97 Å². The number of esters is 1. The minimum absolute atomic E-state index is 0.0227. The maximum Gasteiger partial charge on any atom is 0.305 e. The number of Topliss-reactive ketones (excluding diaryl/α,β-unsaturated/α-hetero) is 2. The number of methoxy groups -OCH3 is 1. The molecular formula is C25H38O4. The van der Waals surface area contributed by atoms with Crippen molar-refractivity contribution >= 4 is 17.5 Å². The van der Waals surface area contributed by atoms with Gasteiger partial charge in [-0.1, -0.05) is 20.8 Å². The second-order valence-electron chi connectivity index (χ2n) is 11.2. The maximum absolute atomic E-state index is 13.1. The van der Waals surface area contributed by atoms with E-state index < -0.39 is 0 Å². The summed E-state index contributed by atoms with van der Waals surface area (Å²) < 4.78 is 4.85. The second kappa shape index (κ2) is 7.50. The van der Waals surface area contributed by atoms with Gasteiger partial charge in [0.05, 0.1) is 7.11 Å². The molecule has 0 heterocycles. The van der Waals surface area contributed by atoms with Crippen molar-refractivity contribution in [3.8, 4) is 0 Å². The van der Waals surface area contributed by atoms with Crippen molar-refractivity contribution in [3.05, 3.63) is 0 Å². The largest absolute Gasteiger partial charge is 0.469 e. The van der Waals surface area contributed by atoms with E-state index in [-0.39, 0.29) is 22.7 Å². The Bertz CT molecular complexity index is 699. The van der Waals surface area contributed by atoms with Crippen molar-refractivity contribution in [1.29, 1.82) is 0 Å². The van der Waals surface area contributed by atoms with E-state index in [1.165, 1.54) is 32.8 Å². The molecule has 4 rings (SSSR count). The third-order valence-corrected chi connectivity index (χ3v) is 10.1. The molecule has 0 radical (unpaired) electrons. The van der Waals surface area contributed by atoms with Gasteiger partial charge in [0.1, 0.15) is 11.6 Å². The summed E-state index contributed by atoms with van der Waals surface area (Å²) in [5.41, 5.74) is 0.314. The van der Waals surface area contributed by atoms with Crippen molar-refractivity contribution in [2.24, 2.45) is 46.3 Å². The monoisotopic (exact) mass is 402 g/mol. The van der Waals surface area contributed by atoms with Crippen LogP contribution in [-0.2, 0) is 19.1 Å². The Morgan fingerprint density at radius 1 is 1.07 bits per heavy atom. The third-order valence-electron chi connectivity index (χ3n) is 10.1. The predicted molar refractivity (Wildman–Crippen MR) is 111 cm³/mol.